The molecule has 0 saturated carbocycles. The van der Waals surface area contributed by atoms with Crippen molar-refractivity contribution in [3.8, 4) is 11.5 Å². The van der Waals surface area contributed by atoms with Crippen LogP contribution in [0.4, 0.5) is 0 Å². The van der Waals surface area contributed by atoms with E-state index < -0.39 is 12.1 Å². The van der Waals surface area contributed by atoms with Crippen LogP contribution < -0.4 is 32.0 Å². The number of nitrogens with zero attached hydrogens (tertiary/aromatic N) is 6. The first-order valence-electron chi connectivity index (χ1n) is 22.3. The number of carbonyl (C=O) groups excluding carboxylic acids is 2. The van der Waals surface area contributed by atoms with E-state index in [2.05, 4.69) is 72.7 Å². The fraction of sp³-hybridized carbons (Fsp3) is 0.532. The summed E-state index contributed by atoms with van der Waals surface area (Å²) >= 11 is 2.66. The number of rotatable bonds is 17. The predicted octanol–water partition coefficient (Wildman–Crippen LogP) is 6.47. The van der Waals surface area contributed by atoms with Gasteiger partial charge >= 0.3 is 156 Å². The average molecular weight is 964 g/mol. The van der Waals surface area contributed by atoms with Crippen molar-refractivity contribution in [1.82, 2.24) is 25.1 Å². The standard InChI is InChI=1S/C24H34BN5O3S.C23H33N5O2S.ClH/c1-15-10-21(33-4)17(3)16(2)19(15)12-28-24(26)30-8-5-6-18(13-30)11-20(29-14-25-32)22(31)23-27-7-9-34-23;1-14-10-20(30-4)16(3)15(2)18(14)12-27-23(25)28-8-5-6-17(13-28)11-19(24)21(29)22-26-7-9-31-22;/h7,9-10,18,20,29H,5-6,8,11-14H2,1-4H3,(H2,26,28);7,9-10,17,19H,5-6,8,11-13,24H2,1-4H3,(H2,25,27);1H/t18-,20?;17-,19?;/m00./s1. The molecule has 0 bridgehead atoms. The number of piperidine rings is 2. The molecule has 2 aliphatic heterocycles. The number of hydrogen-bond acceptors (Lipinski definition) is 13. The van der Waals surface area contributed by atoms with E-state index in [-0.39, 0.29) is 36.3 Å². The number of ether oxygens (including phenoxy) is 2. The minimum absolute atomic E-state index is 0. The third kappa shape index (κ3) is 14.1. The summed E-state index contributed by atoms with van der Waals surface area (Å²) in [5.41, 5.74) is 28.2. The number of benzene rings is 2. The molecule has 0 amide bonds. The van der Waals surface area contributed by atoms with Gasteiger partial charge < -0.3 is 25.8 Å². The Balaban J connectivity index is 0.000000285. The Morgan fingerprint density at radius 3 is 1.65 bits per heavy atom. The number of Topliss-reactive ketones (excluding diaryl/α,β-unsaturated/α-hetero) is 2. The van der Waals surface area contributed by atoms with Crippen LogP contribution in [0.15, 0.2) is 45.3 Å². The summed E-state index contributed by atoms with van der Waals surface area (Å²) in [4.78, 5) is 47.2. The number of aromatic nitrogens is 2. The van der Waals surface area contributed by atoms with Crippen LogP contribution >= 0.6 is 35.1 Å². The number of methoxy groups -OCH3 is 2. The molecule has 19 heteroatoms. The van der Waals surface area contributed by atoms with Crippen LogP contribution in [0.2, 0.25) is 0 Å². The second-order valence-electron chi connectivity index (χ2n) is 17.1. The van der Waals surface area contributed by atoms with Crippen LogP contribution in [0.3, 0.4) is 0 Å². The molecule has 7 N–H and O–H groups in total. The molecule has 15 nitrogen and oxygen atoms in total. The average Bonchev–Trinajstić information content (AvgIpc) is 4.06. The van der Waals surface area contributed by atoms with E-state index in [1.54, 1.807) is 37.4 Å². The summed E-state index contributed by atoms with van der Waals surface area (Å²) in [7, 11) is 4.17. The second kappa shape index (κ2) is 26.0. The Kier molecular flexibility index (Phi) is 21.2. The molecule has 0 spiro atoms. The van der Waals surface area contributed by atoms with Gasteiger partial charge in [0, 0.05) is 24.7 Å². The minimum Gasteiger partial charge on any atom is -0.147 e. The van der Waals surface area contributed by atoms with Gasteiger partial charge in [0.2, 0.25) is 5.78 Å². The number of hydrogen-bond donors (Lipinski definition) is 4. The molecule has 2 fully saturated rings. The Bertz CT molecular complexity index is 2300. The molecule has 6 rings (SSSR count). The summed E-state index contributed by atoms with van der Waals surface area (Å²) < 4.78 is 21.8. The fourth-order valence-electron chi connectivity index (χ4n) is 8.83. The summed E-state index contributed by atoms with van der Waals surface area (Å²) in [5, 5.41) is 7.63. The smallest absolute Gasteiger partial charge is 0.147 e. The molecule has 2 saturated heterocycles. The van der Waals surface area contributed by atoms with Crippen LogP contribution in [0.5, 0.6) is 11.5 Å². The van der Waals surface area contributed by atoms with E-state index in [0.29, 0.717) is 53.8 Å². The Morgan fingerprint density at radius 1 is 0.773 bits per heavy atom. The Morgan fingerprint density at radius 2 is 1.23 bits per heavy atom. The number of aryl methyl sites for hydroxylation is 2. The first kappa shape index (κ1) is 53.9. The van der Waals surface area contributed by atoms with Crippen molar-refractivity contribution in [3.63, 3.8) is 0 Å². The van der Waals surface area contributed by atoms with E-state index in [1.807, 2.05) is 6.07 Å². The number of ketones is 2. The molecular formula is C47H68BClN10O5S2. The molecule has 2 aliphatic rings. The molecule has 2 aromatic heterocycles. The third-order valence-corrected chi connectivity index (χ3v) is 14.5. The molecule has 4 heterocycles. The zero-order valence-electron chi connectivity index (χ0n) is 39.7. The van der Waals surface area contributed by atoms with Gasteiger partial charge in [0.15, 0.2) is 11.0 Å². The molecule has 2 aromatic carbocycles. The monoisotopic (exact) mass is 962 g/mol. The summed E-state index contributed by atoms with van der Waals surface area (Å²) in [6, 6.07) is 3.14. The first-order valence-corrected chi connectivity index (χ1v) is 24.1. The number of nitrogens with two attached hydrogens (primary N) is 3. The number of aliphatic imine (C=N–C) groups is 2. The fourth-order valence-corrected chi connectivity index (χ4v) is 10.1. The van der Waals surface area contributed by atoms with Crippen molar-refractivity contribution in [1.29, 1.82) is 0 Å². The van der Waals surface area contributed by atoms with Crippen LogP contribution in [-0.2, 0) is 17.8 Å². The van der Waals surface area contributed by atoms with Crippen LogP contribution in [0.1, 0.15) is 103 Å². The van der Waals surface area contributed by atoms with Gasteiger partial charge in [-0.2, -0.15) is 0 Å². The van der Waals surface area contributed by atoms with Crippen molar-refractivity contribution in [2.45, 2.75) is 105 Å². The van der Waals surface area contributed by atoms with Gasteiger partial charge in [-0.05, 0) is 107 Å². The van der Waals surface area contributed by atoms with Gasteiger partial charge in [0.25, 0.3) is 0 Å². The number of halogens is 1. The topological polar surface area (TPSA) is 217 Å². The number of guanidine groups is 2. The molecule has 0 aliphatic carbocycles. The minimum atomic E-state index is -0.526. The van der Waals surface area contributed by atoms with Crippen molar-refractivity contribution >= 4 is 65.7 Å². The molecule has 2 unspecified atom stereocenters. The van der Waals surface area contributed by atoms with Gasteiger partial charge in [0.05, 0.1) is 26.8 Å². The first-order chi connectivity index (χ1) is 31.2. The SMILES string of the molecule is COc1cc(C)c(CN=C(N)N2CCC[C@@H](CC(N)C(=O)c3nccs3)C2)c(C)c1C.COc1cc(C)c(CN=C(N)N2CCC[C@@H](CC(NCB=O)C(=O)c3nccs3)C2)c(C)c1C.Cl. The van der Waals surface area contributed by atoms with E-state index in [9.17, 15) is 14.3 Å². The van der Waals surface area contributed by atoms with Crippen molar-refractivity contribution in [2.24, 2.45) is 39.0 Å². The van der Waals surface area contributed by atoms with Gasteiger partial charge in [-0.15, -0.1) is 23.7 Å². The predicted molar refractivity (Wildman–Crippen MR) is 269 cm³/mol. The van der Waals surface area contributed by atoms with Gasteiger partial charge in [0.1, 0.15) is 11.5 Å². The van der Waals surface area contributed by atoms with Gasteiger partial charge in [-0.25, -0.2) is 9.98 Å². The van der Waals surface area contributed by atoms with Gasteiger partial charge in [-0.3, -0.25) is 4.79 Å². The molecule has 4 aromatic rings. The van der Waals surface area contributed by atoms with Crippen LogP contribution in [0, 0.1) is 53.4 Å². The normalized spacial score (nSPS) is 17.5. The summed E-state index contributed by atoms with van der Waals surface area (Å²) in [5.74, 6) is 3.32. The number of thiazole rings is 2. The van der Waals surface area contributed by atoms with E-state index in [1.165, 1.54) is 44.9 Å². The molecule has 66 heavy (non-hydrogen) atoms. The molecule has 0 radical (unpaired) electrons. The summed E-state index contributed by atoms with van der Waals surface area (Å²) in [6.07, 6.45) is 8.71. The number of nitrogens with one attached hydrogen (secondary N) is 1. The molecule has 358 valence electrons. The van der Waals surface area contributed by atoms with Crippen LogP contribution in [-0.4, -0.2) is 109 Å². The molecular weight excluding hydrogens is 895 g/mol. The van der Waals surface area contributed by atoms with Gasteiger partial charge in [-0.1, -0.05) is 0 Å². The number of likely N-dealkylation sites (tertiary alicyclic amines) is 2. The van der Waals surface area contributed by atoms with Crippen LogP contribution in [0.25, 0.3) is 0 Å². The van der Waals surface area contributed by atoms with E-state index in [0.717, 1.165) is 92.8 Å². The second-order valence-corrected chi connectivity index (χ2v) is 18.9. The molecule has 4 atom stereocenters. The summed E-state index contributed by atoms with van der Waals surface area (Å²) in [6.45, 7) is 16.7. The maximum absolute atomic E-state index is 12.9. The quantitative estimate of drug-likeness (QED) is 0.0387. The van der Waals surface area contributed by atoms with E-state index >= 15 is 0 Å². The Labute approximate surface area is 405 Å². The van der Waals surface area contributed by atoms with Crippen molar-refractivity contribution in [3.05, 3.63) is 89.8 Å². The maximum atomic E-state index is 12.9. The third-order valence-electron chi connectivity index (χ3n) is 12.9. The van der Waals surface area contributed by atoms with Crippen molar-refractivity contribution < 1.29 is 23.8 Å². The number of carbonyl (C=O) groups is 2. The Hall–Kier alpha value is -4.75. The van der Waals surface area contributed by atoms with E-state index in [4.69, 9.17) is 36.7 Å². The zero-order valence-corrected chi connectivity index (χ0v) is 42.2. The van der Waals surface area contributed by atoms with Crippen molar-refractivity contribution in [2.75, 3.05) is 46.8 Å². The zero-order chi connectivity index (χ0) is 47.2.